The molecule has 1 nitrogen and oxygen atoms in total. The summed E-state index contributed by atoms with van der Waals surface area (Å²) in [5.41, 5.74) is 2.32. The molecule has 0 amide bonds. The molecule has 0 saturated heterocycles. The van der Waals surface area contributed by atoms with Gasteiger partial charge in [-0.3, -0.25) is 0 Å². The molecule has 0 N–H and O–H groups in total. The molecule has 0 aliphatic rings. The van der Waals surface area contributed by atoms with Crippen LogP contribution in [0.25, 0.3) is 21.2 Å². The van der Waals surface area contributed by atoms with Crippen molar-refractivity contribution in [3.05, 3.63) is 59.5 Å². The largest absolute Gasteiger partial charge is 0.303 e. The Bertz CT molecular complexity index is 683. The summed E-state index contributed by atoms with van der Waals surface area (Å²) in [5, 5.41) is 4.50. The van der Waals surface area contributed by atoms with Gasteiger partial charge in [0.05, 0.1) is 0 Å². The normalized spacial score (nSPS) is 10.7. The molecule has 0 radical (unpaired) electrons. The number of carbonyl (C=O) groups is 1. The van der Waals surface area contributed by atoms with Crippen molar-refractivity contribution >= 4 is 28.4 Å². The highest BCUT2D eigenvalue weighted by molar-refractivity contribution is 7.13. The average molecular weight is 252 g/mol. The van der Waals surface area contributed by atoms with Crippen LogP contribution in [0.3, 0.4) is 0 Å². The molecular weight excluding hydrogens is 240 g/mol. The van der Waals surface area contributed by atoms with E-state index < -0.39 is 0 Å². The topological polar surface area (TPSA) is 17.1 Å². The van der Waals surface area contributed by atoms with Gasteiger partial charge in [0.1, 0.15) is 6.29 Å². The monoisotopic (exact) mass is 252 g/mol. The minimum atomic E-state index is 0.489. The lowest BCUT2D eigenvalue weighted by Crippen LogP contribution is -1.85. The number of carbonyl (C=O) groups excluding carboxylic acids is 1. The van der Waals surface area contributed by atoms with Gasteiger partial charge in [-0.15, -0.1) is 11.3 Å². The first-order valence-corrected chi connectivity index (χ1v) is 6.75. The van der Waals surface area contributed by atoms with Crippen molar-refractivity contribution in [2.75, 3.05) is 0 Å². The standard InChI is InChI=1S/C16H12OS/c17-8-7-12-3-4-14-11-15(6-5-13(14)10-12)16-2-1-9-18-16/h1-6,8-11H,7H2. The van der Waals surface area contributed by atoms with E-state index in [1.165, 1.54) is 21.2 Å². The van der Waals surface area contributed by atoms with Gasteiger partial charge in [0.15, 0.2) is 0 Å². The molecule has 0 unspecified atom stereocenters. The van der Waals surface area contributed by atoms with Crippen molar-refractivity contribution in [1.82, 2.24) is 0 Å². The summed E-state index contributed by atoms with van der Waals surface area (Å²) in [7, 11) is 0. The minimum Gasteiger partial charge on any atom is -0.303 e. The number of hydrogen-bond donors (Lipinski definition) is 0. The lowest BCUT2D eigenvalue weighted by Gasteiger charge is -2.03. The second kappa shape index (κ2) is 4.75. The first-order valence-electron chi connectivity index (χ1n) is 5.87. The predicted molar refractivity (Wildman–Crippen MR) is 77.0 cm³/mol. The van der Waals surface area contributed by atoms with Gasteiger partial charge in [0.25, 0.3) is 0 Å². The van der Waals surface area contributed by atoms with Gasteiger partial charge in [0, 0.05) is 11.3 Å². The molecule has 88 valence electrons. The van der Waals surface area contributed by atoms with E-state index in [4.69, 9.17) is 0 Å². The quantitative estimate of drug-likeness (QED) is 0.635. The third-order valence-corrected chi connectivity index (χ3v) is 3.95. The minimum absolute atomic E-state index is 0.489. The summed E-state index contributed by atoms with van der Waals surface area (Å²) in [4.78, 5) is 11.8. The number of fused-ring (bicyclic) bond motifs is 1. The van der Waals surface area contributed by atoms with Crippen LogP contribution in [-0.2, 0) is 11.2 Å². The summed E-state index contributed by atoms with van der Waals surface area (Å²) >= 11 is 1.75. The second-order valence-corrected chi connectivity index (χ2v) is 5.19. The average Bonchev–Trinajstić information content (AvgIpc) is 2.92. The third kappa shape index (κ3) is 2.07. The number of rotatable bonds is 3. The maximum Gasteiger partial charge on any atom is 0.124 e. The fourth-order valence-electron chi connectivity index (χ4n) is 2.11. The Kier molecular flexibility index (Phi) is 2.95. The molecule has 2 heteroatoms. The zero-order valence-corrected chi connectivity index (χ0v) is 10.6. The van der Waals surface area contributed by atoms with Crippen LogP contribution in [0.1, 0.15) is 5.56 Å². The highest BCUT2D eigenvalue weighted by atomic mass is 32.1. The van der Waals surface area contributed by atoms with E-state index in [2.05, 4.69) is 47.8 Å². The van der Waals surface area contributed by atoms with Gasteiger partial charge in [-0.25, -0.2) is 0 Å². The molecule has 3 rings (SSSR count). The van der Waals surface area contributed by atoms with Gasteiger partial charge in [0.2, 0.25) is 0 Å². The molecule has 0 bridgehead atoms. The van der Waals surface area contributed by atoms with E-state index in [-0.39, 0.29) is 0 Å². The smallest absolute Gasteiger partial charge is 0.124 e. The Morgan fingerprint density at radius 3 is 2.61 bits per heavy atom. The van der Waals surface area contributed by atoms with E-state index in [0.29, 0.717) is 6.42 Å². The second-order valence-electron chi connectivity index (χ2n) is 4.24. The number of hydrogen-bond acceptors (Lipinski definition) is 2. The molecule has 3 aromatic rings. The number of benzene rings is 2. The van der Waals surface area contributed by atoms with Crippen LogP contribution in [0.4, 0.5) is 0 Å². The SMILES string of the molecule is O=CCc1ccc2cc(-c3cccs3)ccc2c1. The molecular formula is C16H12OS. The van der Waals surface area contributed by atoms with Crippen molar-refractivity contribution in [2.24, 2.45) is 0 Å². The zero-order chi connectivity index (χ0) is 12.4. The molecule has 0 spiro atoms. The fourth-order valence-corrected chi connectivity index (χ4v) is 2.84. The Morgan fingerprint density at radius 1 is 1.00 bits per heavy atom. The van der Waals surface area contributed by atoms with Crippen LogP contribution in [0.2, 0.25) is 0 Å². The van der Waals surface area contributed by atoms with E-state index in [9.17, 15) is 4.79 Å². The molecule has 1 heterocycles. The van der Waals surface area contributed by atoms with Crippen LogP contribution in [-0.4, -0.2) is 6.29 Å². The highest BCUT2D eigenvalue weighted by Gasteiger charge is 2.01. The molecule has 0 aliphatic heterocycles. The molecule has 18 heavy (non-hydrogen) atoms. The third-order valence-electron chi connectivity index (χ3n) is 3.03. The predicted octanol–water partition coefficient (Wildman–Crippen LogP) is 4.31. The summed E-state index contributed by atoms with van der Waals surface area (Å²) in [6.45, 7) is 0. The van der Waals surface area contributed by atoms with Gasteiger partial charge in [-0.05, 0) is 39.4 Å². The van der Waals surface area contributed by atoms with E-state index >= 15 is 0 Å². The van der Waals surface area contributed by atoms with Crippen LogP contribution >= 0.6 is 11.3 Å². The molecule has 1 aromatic heterocycles. The lowest BCUT2D eigenvalue weighted by molar-refractivity contribution is -0.107. The van der Waals surface area contributed by atoms with E-state index in [1.54, 1.807) is 11.3 Å². The first-order chi connectivity index (χ1) is 8.86. The number of thiophene rings is 1. The summed E-state index contributed by atoms with van der Waals surface area (Å²) in [6.07, 6.45) is 1.43. The van der Waals surface area contributed by atoms with Crippen molar-refractivity contribution in [3.8, 4) is 10.4 Å². The molecule has 0 atom stereocenters. The number of aldehydes is 1. The van der Waals surface area contributed by atoms with Crippen LogP contribution in [0.15, 0.2) is 53.9 Å². The molecule has 0 saturated carbocycles. The maximum atomic E-state index is 10.5. The van der Waals surface area contributed by atoms with Gasteiger partial charge < -0.3 is 4.79 Å². The Balaban J connectivity index is 2.08. The van der Waals surface area contributed by atoms with Crippen LogP contribution < -0.4 is 0 Å². The van der Waals surface area contributed by atoms with Crippen molar-refractivity contribution < 1.29 is 4.79 Å². The molecule has 0 fully saturated rings. The Hall–Kier alpha value is -1.93. The van der Waals surface area contributed by atoms with Crippen LogP contribution in [0.5, 0.6) is 0 Å². The van der Waals surface area contributed by atoms with E-state index in [0.717, 1.165) is 11.8 Å². The van der Waals surface area contributed by atoms with Crippen molar-refractivity contribution in [2.45, 2.75) is 6.42 Å². The first kappa shape index (κ1) is 11.2. The Labute approximate surface area is 110 Å². The van der Waals surface area contributed by atoms with E-state index in [1.807, 2.05) is 6.07 Å². The summed E-state index contributed by atoms with van der Waals surface area (Å²) in [6, 6.07) is 16.9. The summed E-state index contributed by atoms with van der Waals surface area (Å²) < 4.78 is 0. The Morgan fingerprint density at radius 2 is 1.83 bits per heavy atom. The van der Waals surface area contributed by atoms with Gasteiger partial charge in [-0.2, -0.15) is 0 Å². The zero-order valence-electron chi connectivity index (χ0n) is 9.80. The molecule has 0 aliphatic carbocycles. The van der Waals surface area contributed by atoms with Crippen molar-refractivity contribution in [1.29, 1.82) is 0 Å². The highest BCUT2D eigenvalue weighted by Crippen LogP contribution is 2.28. The maximum absolute atomic E-state index is 10.5. The molecule has 2 aromatic carbocycles. The van der Waals surface area contributed by atoms with Gasteiger partial charge in [-0.1, -0.05) is 36.4 Å². The van der Waals surface area contributed by atoms with Crippen LogP contribution in [0, 0.1) is 0 Å². The van der Waals surface area contributed by atoms with Crippen molar-refractivity contribution in [3.63, 3.8) is 0 Å². The van der Waals surface area contributed by atoms with Gasteiger partial charge >= 0.3 is 0 Å². The lowest BCUT2D eigenvalue weighted by atomic mass is 10.0. The fraction of sp³-hybridized carbons (Fsp3) is 0.0625. The summed E-state index contributed by atoms with van der Waals surface area (Å²) in [5.74, 6) is 0.